The lowest BCUT2D eigenvalue weighted by Gasteiger charge is -2.36. The van der Waals surface area contributed by atoms with E-state index in [1.54, 1.807) is 30.5 Å². The number of rotatable bonds is 5. The van der Waals surface area contributed by atoms with Crippen molar-refractivity contribution in [1.82, 2.24) is 9.88 Å². The second kappa shape index (κ2) is 10.1. The van der Waals surface area contributed by atoms with Crippen LogP contribution in [0.2, 0.25) is 5.02 Å². The monoisotopic (exact) mass is 446 g/mol. The Morgan fingerprint density at radius 3 is 2.44 bits per heavy atom. The van der Waals surface area contributed by atoms with E-state index in [1.165, 1.54) is 6.20 Å². The summed E-state index contributed by atoms with van der Waals surface area (Å²) in [6.45, 7) is 2.61. The van der Waals surface area contributed by atoms with Crippen LogP contribution in [0.15, 0.2) is 79.1 Å². The van der Waals surface area contributed by atoms with Crippen molar-refractivity contribution in [1.29, 1.82) is 0 Å². The summed E-state index contributed by atoms with van der Waals surface area (Å²) in [5.74, 6) is -0.231. The zero-order valence-electron chi connectivity index (χ0n) is 17.4. The number of anilines is 2. The zero-order valence-corrected chi connectivity index (χ0v) is 18.2. The van der Waals surface area contributed by atoms with Crippen LogP contribution in [0.1, 0.15) is 15.9 Å². The van der Waals surface area contributed by atoms with E-state index in [-0.39, 0.29) is 11.8 Å². The number of amides is 2. The highest BCUT2D eigenvalue weighted by molar-refractivity contribution is 6.33. The van der Waals surface area contributed by atoms with Gasteiger partial charge in [-0.05, 0) is 42.0 Å². The molecule has 6 nitrogen and oxygen atoms in total. The van der Waals surface area contributed by atoms with Gasteiger partial charge >= 0.3 is 0 Å². The van der Waals surface area contributed by atoms with Crippen LogP contribution < -0.4 is 10.2 Å². The number of carbonyl (C=O) groups is 2. The normalized spacial score (nSPS) is 13.9. The standard InChI is InChI=1S/C25H23ClN4O2/c26-22-17-21(28-25(32)20-7-4-12-27-18-20)9-10-23(22)29-13-15-30(16-14-29)24(31)11-8-19-5-2-1-3-6-19/h1-12,17-18H,13-16H2,(H,28,32)/b11-8+. The third-order valence-electron chi connectivity index (χ3n) is 5.28. The SMILES string of the molecule is O=C(Nc1ccc(N2CCN(C(=O)/C=C/c3ccccc3)CC2)c(Cl)c1)c1cccnc1. The van der Waals surface area contributed by atoms with Crippen LogP contribution in [-0.2, 0) is 4.79 Å². The molecule has 4 rings (SSSR count). The maximum Gasteiger partial charge on any atom is 0.257 e. The lowest BCUT2D eigenvalue weighted by Crippen LogP contribution is -2.48. The summed E-state index contributed by atoms with van der Waals surface area (Å²) in [6, 6.07) is 18.7. The maximum absolute atomic E-state index is 12.5. The molecule has 3 aromatic rings. The van der Waals surface area contributed by atoms with E-state index in [1.807, 2.05) is 53.4 Å². The number of hydrogen-bond acceptors (Lipinski definition) is 4. The molecule has 2 heterocycles. The Hall–Kier alpha value is -3.64. The van der Waals surface area contributed by atoms with Gasteiger partial charge in [0.25, 0.3) is 5.91 Å². The van der Waals surface area contributed by atoms with Crippen LogP contribution >= 0.6 is 11.6 Å². The minimum absolute atomic E-state index is 0.00746. The highest BCUT2D eigenvalue weighted by Gasteiger charge is 2.21. The quantitative estimate of drug-likeness (QED) is 0.592. The summed E-state index contributed by atoms with van der Waals surface area (Å²) in [5, 5.41) is 3.39. The topological polar surface area (TPSA) is 65.5 Å². The fourth-order valence-electron chi connectivity index (χ4n) is 3.55. The molecular weight excluding hydrogens is 424 g/mol. The van der Waals surface area contributed by atoms with Gasteiger partial charge in [-0.25, -0.2) is 0 Å². The number of pyridine rings is 1. The van der Waals surface area contributed by atoms with Gasteiger partial charge in [-0.15, -0.1) is 0 Å². The van der Waals surface area contributed by atoms with E-state index in [0.29, 0.717) is 42.5 Å². The molecule has 162 valence electrons. The summed E-state index contributed by atoms with van der Waals surface area (Å²) in [5.41, 5.74) is 2.99. The average Bonchev–Trinajstić information content (AvgIpc) is 2.84. The van der Waals surface area contributed by atoms with Gasteiger partial charge < -0.3 is 15.1 Å². The van der Waals surface area contributed by atoms with Crippen molar-refractivity contribution in [3.8, 4) is 0 Å². The van der Waals surface area contributed by atoms with E-state index >= 15 is 0 Å². The van der Waals surface area contributed by atoms with E-state index in [9.17, 15) is 9.59 Å². The predicted molar refractivity (Wildman–Crippen MR) is 128 cm³/mol. The molecule has 0 spiro atoms. The number of nitrogens with zero attached hydrogens (tertiary/aromatic N) is 3. The highest BCUT2D eigenvalue weighted by Crippen LogP contribution is 2.30. The number of nitrogens with one attached hydrogen (secondary N) is 1. The Bertz CT molecular complexity index is 1110. The number of aromatic nitrogens is 1. The van der Waals surface area contributed by atoms with Crippen LogP contribution in [-0.4, -0.2) is 47.9 Å². The van der Waals surface area contributed by atoms with Crippen LogP contribution in [0.3, 0.4) is 0 Å². The second-order valence-corrected chi connectivity index (χ2v) is 7.83. The van der Waals surface area contributed by atoms with Gasteiger partial charge in [0.05, 0.1) is 16.3 Å². The summed E-state index contributed by atoms with van der Waals surface area (Å²) in [4.78, 5) is 32.8. The van der Waals surface area contributed by atoms with Gasteiger partial charge in [-0.3, -0.25) is 14.6 Å². The van der Waals surface area contributed by atoms with E-state index in [4.69, 9.17) is 11.6 Å². The van der Waals surface area contributed by atoms with Gasteiger partial charge in [-0.1, -0.05) is 41.9 Å². The average molecular weight is 447 g/mol. The molecule has 32 heavy (non-hydrogen) atoms. The van der Waals surface area contributed by atoms with Crippen LogP contribution in [0.25, 0.3) is 6.08 Å². The molecule has 1 N–H and O–H groups in total. The molecule has 1 aliphatic heterocycles. The van der Waals surface area contributed by atoms with Crippen molar-refractivity contribution >= 4 is 40.9 Å². The molecule has 0 atom stereocenters. The minimum Gasteiger partial charge on any atom is -0.367 e. The van der Waals surface area contributed by atoms with Crippen LogP contribution in [0.5, 0.6) is 0 Å². The molecule has 1 fully saturated rings. The summed E-state index contributed by atoms with van der Waals surface area (Å²) < 4.78 is 0. The number of hydrogen-bond donors (Lipinski definition) is 1. The largest absolute Gasteiger partial charge is 0.367 e. The Kier molecular flexibility index (Phi) is 6.82. The first-order chi connectivity index (χ1) is 15.6. The fourth-order valence-corrected chi connectivity index (χ4v) is 3.85. The van der Waals surface area contributed by atoms with Gasteiger partial charge in [0.15, 0.2) is 0 Å². The lowest BCUT2D eigenvalue weighted by molar-refractivity contribution is -0.126. The molecule has 0 saturated carbocycles. The second-order valence-electron chi connectivity index (χ2n) is 7.42. The summed E-state index contributed by atoms with van der Waals surface area (Å²) >= 11 is 6.51. The highest BCUT2D eigenvalue weighted by atomic mass is 35.5. The van der Waals surface area contributed by atoms with E-state index < -0.39 is 0 Å². The van der Waals surface area contributed by atoms with Crippen molar-refractivity contribution < 1.29 is 9.59 Å². The van der Waals surface area contributed by atoms with Crippen molar-refractivity contribution in [2.45, 2.75) is 0 Å². The van der Waals surface area contributed by atoms with Crippen LogP contribution in [0.4, 0.5) is 11.4 Å². The Morgan fingerprint density at radius 1 is 0.969 bits per heavy atom. The summed E-state index contributed by atoms with van der Waals surface area (Å²) in [6.07, 6.45) is 6.60. The molecular formula is C25H23ClN4O2. The van der Waals surface area contributed by atoms with Crippen molar-refractivity contribution in [2.24, 2.45) is 0 Å². The molecule has 0 unspecified atom stereocenters. The lowest BCUT2D eigenvalue weighted by atomic mass is 10.2. The van der Waals surface area contributed by atoms with Crippen molar-refractivity contribution in [3.05, 3.63) is 95.3 Å². The maximum atomic E-state index is 12.5. The van der Waals surface area contributed by atoms with E-state index in [2.05, 4.69) is 15.2 Å². The predicted octanol–water partition coefficient (Wildman–Crippen LogP) is 4.35. The molecule has 1 saturated heterocycles. The Balaban J connectivity index is 1.34. The van der Waals surface area contributed by atoms with Gasteiger partial charge in [-0.2, -0.15) is 0 Å². The van der Waals surface area contributed by atoms with Gasteiger partial charge in [0, 0.05) is 50.3 Å². The van der Waals surface area contributed by atoms with Crippen molar-refractivity contribution in [2.75, 3.05) is 36.4 Å². The van der Waals surface area contributed by atoms with Crippen molar-refractivity contribution in [3.63, 3.8) is 0 Å². The molecule has 2 amide bonds. The first-order valence-electron chi connectivity index (χ1n) is 10.4. The Morgan fingerprint density at radius 2 is 1.75 bits per heavy atom. The molecule has 0 aliphatic carbocycles. The number of benzene rings is 2. The Labute approximate surface area is 192 Å². The number of carbonyl (C=O) groups excluding carboxylic acids is 2. The number of piperazine rings is 1. The smallest absolute Gasteiger partial charge is 0.257 e. The van der Waals surface area contributed by atoms with E-state index in [0.717, 1.165) is 11.3 Å². The molecule has 0 bridgehead atoms. The van der Waals surface area contributed by atoms with Gasteiger partial charge in [0.2, 0.25) is 5.91 Å². The zero-order chi connectivity index (χ0) is 22.3. The van der Waals surface area contributed by atoms with Gasteiger partial charge in [0.1, 0.15) is 0 Å². The molecule has 0 radical (unpaired) electrons. The third-order valence-corrected chi connectivity index (χ3v) is 5.58. The third kappa shape index (κ3) is 5.34. The molecule has 1 aromatic heterocycles. The molecule has 1 aliphatic rings. The fraction of sp³-hybridized carbons (Fsp3) is 0.160. The molecule has 2 aromatic carbocycles. The first-order valence-corrected chi connectivity index (χ1v) is 10.8. The molecule has 7 heteroatoms. The number of halogens is 1. The van der Waals surface area contributed by atoms with Crippen LogP contribution in [0, 0.1) is 0 Å². The summed E-state index contributed by atoms with van der Waals surface area (Å²) in [7, 11) is 0. The first kappa shape index (κ1) is 21.6. The minimum atomic E-state index is -0.238.